The van der Waals surface area contributed by atoms with Crippen molar-refractivity contribution >= 4 is 46.5 Å². The van der Waals surface area contributed by atoms with Crippen LogP contribution in [0.5, 0.6) is 0 Å². The second kappa shape index (κ2) is 4.75. The summed E-state index contributed by atoms with van der Waals surface area (Å²) in [6, 6.07) is 3.58. The summed E-state index contributed by atoms with van der Waals surface area (Å²) in [5.41, 5.74) is 1.83. The number of nitrogens with zero attached hydrogens (tertiary/aromatic N) is 1. The zero-order valence-electron chi connectivity index (χ0n) is 8.59. The van der Waals surface area contributed by atoms with Crippen LogP contribution in [0, 0.1) is 4.77 Å². The van der Waals surface area contributed by atoms with E-state index in [9.17, 15) is 0 Å². The maximum absolute atomic E-state index is 5.98. The van der Waals surface area contributed by atoms with E-state index in [1.54, 1.807) is 19.2 Å². The number of ether oxygens (including phenoxy) is 1. The van der Waals surface area contributed by atoms with Crippen LogP contribution in [-0.4, -0.2) is 23.3 Å². The normalized spacial score (nSPS) is 11.2. The van der Waals surface area contributed by atoms with Crippen molar-refractivity contribution in [2.24, 2.45) is 0 Å². The molecule has 1 heterocycles. The highest BCUT2D eigenvalue weighted by Gasteiger charge is 2.07. The summed E-state index contributed by atoms with van der Waals surface area (Å²) in [5, 5.41) is 1.04. The van der Waals surface area contributed by atoms with E-state index in [4.69, 9.17) is 40.2 Å². The molecule has 0 saturated heterocycles. The summed E-state index contributed by atoms with van der Waals surface area (Å²) in [5.74, 6) is 0. The third kappa shape index (κ3) is 2.11. The summed E-state index contributed by atoms with van der Waals surface area (Å²) in [6.07, 6.45) is 0. The van der Waals surface area contributed by atoms with E-state index in [-0.39, 0.29) is 0 Å². The van der Waals surface area contributed by atoms with Crippen LogP contribution >= 0.6 is 35.4 Å². The maximum Gasteiger partial charge on any atom is 0.178 e. The van der Waals surface area contributed by atoms with Crippen LogP contribution in [0.1, 0.15) is 0 Å². The molecule has 0 radical (unpaired) electrons. The molecule has 2 rings (SSSR count). The molecular weight excluding hydrogens is 267 g/mol. The van der Waals surface area contributed by atoms with Crippen molar-refractivity contribution in [1.29, 1.82) is 0 Å². The van der Waals surface area contributed by atoms with Crippen molar-refractivity contribution < 1.29 is 4.74 Å². The van der Waals surface area contributed by atoms with Crippen molar-refractivity contribution in [1.82, 2.24) is 9.55 Å². The zero-order valence-corrected chi connectivity index (χ0v) is 10.9. The molecular formula is C10H10Cl2N2OS. The molecule has 0 atom stereocenters. The third-order valence-corrected chi connectivity index (χ3v) is 3.38. The fourth-order valence-electron chi connectivity index (χ4n) is 1.56. The molecule has 3 nitrogen and oxygen atoms in total. The smallest absolute Gasteiger partial charge is 0.178 e. The van der Waals surface area contributed by atoms with E-state index in [1.165, 1.54) is 0 Å². The molecule has 2 aromatic rings. The van der Waals surface area contributed by atoms with E-state index in [0.29, 0.717) is 28.0 Å². The lowest BCUT2D eigenvalue weighted by atomic mass is 10.3. The van der Waals surface area contributed by atoms with E-state index in [1.807, 2.05) is 4.57 Å². The Kier molecular flexibility index (Phi) is 3.54. The Morgan fingerprint density at radius 3 is 2.75 bits per heavy atom. The molecule has 0 aliphatic carbocycles. The molecule has 0 fully saturated rings. The number of fused-ring (bicyclic) bond motifs is 1. The second-order valence-electron chi connectivity index (χ2n) is 3.36. The van der Waals surface area contributed by atoms with Gasteiger partial charge in [0.1, 0.15) is 0 Å². The van der Waals surface area contributed by atoms with Gasteiger partial charge in [-0.15, -0.1) is 0 Å². The highest BCUT2D eigenvalue weighted by molar-refractivity contribution is 7.71. The van der Waals surface area contributed by atoms with Crippen molar-refractivity contribution in [3.63, 3.8) is 0 Å². The molecule has 1 aromatic heterocycles. The Hall–Kier alpha value is -0.550. The number of aromatic amines is 1. The lowest BCUT2D eigenvalue weighted by molar-refractivity contribution is 0.188. The van der Waals surface area contributed by atoms with E-state index >= 15 is 0 Å². The van der Waals surface area contributed by atoms with Crippen molar-refractivity contribution in [2.75, 3.05) is 13.7 Å². The van der Waals surface area contributed by atoms with Crippen molar-refractivity contribution in [3.8, 4) is 0 Å². The average molecular weight is 277 g/mol. The van der Waals surface area contributed by atoms with Crippen molar-refractivity contribution in [3.05, 3.63) is 26.9 Å². The average Bonchev–Trinajstić information content (AvgIpc) is 2.52. The van der Waals surface area contributed by atoms with Gasteiger partial charge in [0.25, 0.3) is 0 Å². The first-order valence-corrected chi connectivity index (χ1v) is 5.86. The van der Waals surface area contributed by atoms with Gasteiger partial charge in [0, 0.05) is 13.7 Å². The summed E-state index contributed by atoms with van der Waals surface area (Å²) < 4.78 is 7.62. The number of halogens is 2. The standard InChI is InChI=1S/C10H10Cl2N2OS/c1-15-3-2-14-9-5-7(12)6(11)4-8(9)13-10(14)16/h4-5H,2-3H2,1H3,(H,13,16). The molecule has 0 spiro atoms. The molecule has 0 saturated carbocycles. The number of aromatic nitrogens is 2. The van der Waals surface area contributed by atoms with E-state index in [0.717, 1.165) is 11.0 Å². The van der Waals surface area contributed by atoms with Gasteiger partial charge < -0.3 is 14.3 Å². The van der Waals surface area contributed by atoms with Crippen LogP contribution in [0.2, 0.25) is 10.0 Å². The summed E-state index contributed by atoms with van der Waals surface area (Å²) >= 11 is 17.1. The molecule has 1 N–H and O–H groups in total. The number of benzene rings is 1. The number of methoxy groups -OCH3 is 1. The van der Waals surface area contributed by atoms with Gasteiger partial charge in [0.15, 0.2) is 4.77 Å². The Bertz CT molecular complexity index is 576. The Labute approximate surface area is 108 Å². The third-order valence-electron chi connectivity index (χ3n) is 2.34. The Morgan fingerprint density at radius 2 is 2.06 bits per heavy atom. The number of nitrogens with one attached hydrogen (secondary N) is 1. The highest BCUT2D eigenvalue weighted by Crippen LogP contribution is 2.27. The number of H-pyrrole nitrogens is 1. The minimum absolute atomic E-state index is 0.518. The molecule has 0 aliphatic heterocycles. The molecule has 0 unspecified atom stereocenters. The van der Waals surface area contributed by atoms with Crippen LogP contribution in [0.25, 0.3) is 11.0 Å². The van der Waals surface area contributed by atoms with Crippen LogP contribution in [-0.2, 0) is 11.3 Å². The zero-order chi connectivity index (χ0) is 11.7. The van der Waals surface area contributed by atoms with E-state index < -0.39 is 0 Å². The Morgan fingerprint density at radius 1 is 1.38 bits per heavy atom. The molecule has 1 aromatic carbocycles. The van der Waals surface area contributed by atoms with Gasteiger partial charge >= 0.3 is 0 Å². The quantitative estimate of drug-likeness (QED) is 0.868. The number of imidazole rings is 1. The predicted octanol–water partition coefficient (Wildman–Crippen LogP) is 3.65. The van der Waals surface area contributed by atoms with Crippen molar-refractivity contribution in [2.45, 2.75) is 6.54 Å². The van der Waals surface area contributed by atoms with Gasteiger partial charge in [-0.1, -0.05) is 23.2 Å². The first kappa shape index (κ1) is 11.9. The van der Waals surface area contributed by atoms with Crippen LogP contribution < -0.4 is 0 Å². The lowest BCUT2D eigenvalue weighted by Gasteiger charge is -2.03. The fraction of sp³-hybridized carbons (Fsp3) is 0.300. The van der Waals surface area contributed by atoms with Gasteiger partial charge in [0.2, 0.25) is 0 Å². The second-order valence-corrected chi connectivity index (χ2v) is 4.56. The number of hydrogen-bond donors (Lipinski definition) is 1. The molecule has 0 bridgehead atoms. The van der Waals surface area contributed by atoms with Gasteiger partial charge in [0.05, 0.1) is 27.7 Å². The number of hydrogen-bond acceptors (Lipinski definition) is 2. The predicted molar refractivity (Wildman–Crippen MR) is 69.0 cm³/mol. The lowest BCUT2D eigenvalue weighted by Crippen LogP contribution is -2.03. The first-order chi connectivity index (χ1) is 7.63. The number of rotatable bonds is 3. The highest BCUT2D eigenvalue weighted by atomic mass is 35.5. The molecule has 0 aliphatic rings. The van der Waals surface area contributed by atoms with Crippen LogP contribution in [0.3, 0.4) is 0 Å². The SMILES string of the molecule is COCCn1c(=S)[nH]c2cc(Cl)c(Cl)cc21. The monoisotopic (exact) mass is 276 g/mol. The topological polar surface area (TPSA) is 29.9 Å². The molecule has 16 heavy (non-hydrogen) atoms. The maximum atomic E-state index is 5.98. The molecule has 6 heteroatoms. The summed E-state index contributed by atoms with van der Waals surface area (Å²) in [4.78, 5) is 3.08. The van der Waals surface area contributed by atoms with Crippen LogP contribution in [0.15, 0.2) is 12.1 Å². The van der Waals surface area contributed by atoms with Gasteiger partial charge in [-0.05, 0) is 24.4 Å². The van der Waals surface area contributed by atoms with Gasteiger partial charge in [-0.25, -0.2) is 0 Å². The van der Waals surface area contributed by atoms with Crippen LogP contribution in [0.4, 0.5) is 0 Å². The van der Waals surface area contributed by atoms with E-state index in [2.05, 4.69) is 4.98 Å². The molecule has 0 amide bonds. The van der Waals surface area contributed by atoms with Gasteiger partial charge in [-0.2, -0.15) is 0 Å². The summed E-state index contributed by atoms with van der Waals surface area (Å²) in [6.45, 7) is 1.29. The van der Waals surface area contributed by atoms with Gasteiger partial charge in [-0.3, -0.25) is 0 Å². The molecule has 86 valence electrons. The largest absolute Gasteiger partial charge is 0.383 e. The Balaban J connectivity index is 2.60. The first-order valence-electron chi connectivity index (χ1n) is 4.70. The minimum atomic E-state index is 0.518. The fourth-order valence-corrected chi connectivity index (χ4v) is 2.18. The summed E-state index contributed by atoms with van der Waals surface area (Å²) in [7, 11) is 1.66. The minimum Gasteiger partial charge on any atom is -0.383 e.